The highest BCUT2D eigenvalue weighted by Crippen LogP contribution is 2.32. The van der Waals surface area contributed by atoms with E-state index in [1.165, 1.54) is 0 Å². The fourth-order valence-electron chi connectivity index (χ4n) is 3.28. The van der Waals surface area contributed by atoms with Gasteiger partial charge in [-0.05, 0) is 12.5 Å². The van der Waals surface area contributed by atoms with Crippen molar-refractivity contribution < 1.29 is 22.6 Å². The summed E-state index contributed by atoms with van der Waals surface area (Å²) in [5, 5.41) is 3.09. The summed E-state index contributed by atoms with van der Waals surface area (Å²) < 4.78 is 49.0. The lowest BCUT2D eigenvalue weighted by molar-refractivity contribution is -0.137. The van der Waals surface area contributed by atoms with Crippen molar-refractivity contribution in [2.75, 3.05) is 51.4 Å². The number of rotatable bonds is 5. The van der Waals surface area contributed by atoms with Gasteiger partial charge in [0, 0.05) is 44.4 Å². The summed E-state index contributed by atoms with van der Waals surface area (Å²) in [7, 11) is 0. The smallest absolute Gasteiger partial charge is 0.381 e. The molecule has 2 saturated heterocycles. The molecule has 0 amide bonds. The average molecular weight is 380 g/mol. The van der Waals surface area contributed by atoms with Crippen LogP contribution in [0.2, 0.25) is 5.02 Å². The van der Waals surface area contributed by atoms with E-state index in [1.807, 2.05) is 0 Å². The highest BCUT2D eigenvalue weighted by atomic mass is 35.5. The molecule has 1 aromatic rings. The molecule has 2 aliphatic rings. The number of nitrogens with zero attached hydrogens (tertiary/aromatic N) is 2. The summed E-state index contributed by atoms with van der Waals surface area (Å²) in [6.07, 6.45) is -2.68. The topological polar surface area (TPSA) is 46.6 Å². The second-order valence-corrected chi connectivity index (χ2v) is 6.68. The van der Waals surface area contributed by atoms with Crippen LogP contribution in [0.4, 0.5) is 19.0 Å². The number of morpholine rings is 1. The molecule has 0 aromatic carbocycles. The standard InChI is InChI=1S/C16H21ClF3N3O2/c17-13-7-12(16(18,19)20)8-21-15(13)22-9-14(11-1-4-25-10-11)23-2-5-24-6-3-23/h7-8,11,14H,1-6,9-10H2,(H,21,22). The van der Waals surface area contributed by atoms with E-state index in [-0.39, 0.29) is 16.9 Å². The predicted molar refractivity (Wildman–Crippen MR) is 87.8 cm³/mol. The van der Waals surface area contributed by atoms with Crippen LogP contribution in [0.3, 0.4) is 0 Å². The van der Waals surface area contributed by atoms with Gasteiger partial charge in [0.25, 0.3) is 0 Å². The lowest BCUT2D eigenvalue weighted by Gasteiger charge is -2.37. The molecule has 0 spiro atoms. The molecule has 0 saturated carbocycles. The van der Waals surface area contributed by atoms with Gasteiger partial charge < -0.3 is 14.8 Å². The monoisotopic (exact) mass is 379 g/mol. The Labute approximate surface area is 149 Å². The molecule has 2 fully saturated rings. The number of hydrogen-bond donors (Lipinski definition) is 1. The Balaban J connectivity index is 1.68. The molecule has 2 aliphatic heterocycles. The van der Waals surface area contributed by atoms with Gasteiger partial charge in [-0.1, -0.05) is 11.6 Å². The Morgan fingerprint density at radius 2 is 2.04 bits per heavy atom. The zero-order valence-electron chi connectivity index (χ0n) is 13.7. The van der Waals surface area contributed by atoms with E-state index in [2.05, 4.69) is 15.2 Å². The average Bonchev–Trinajstić information content (AvgIpc) is 3.10. The third-order valence-electron chi connectivity index (χ3n) is 4.67. The molecule has 2 atom stereocenters. The molecule has 1 aromatic heterocycles. The van der Waals surface area contributed by atoms with Gasteiger partial charge in [0.05, 0.1) is 30.4 Å². The minimum absolute atomic E-state index is 0.0294. The summed E-state index contributed by atoms with van der Waals surface area (Å²) in [6.45, 7) is 5.01. The molecule has 1 N–H and O–H groups in total. The van der Waals surface area contributed by atoms with Crippen LogP contribution in [-0.2, 0) is 15.7 Å². The number of pyridine rings is 1. The van der Waals surface area contributed by atoms with Gasteiger partial charge >= 0.3 is 6.18 Å². The van der Waals surface area contributed by atoms with Crippen molar-refractivity contribution in [1.29, 1.82) is 0 Å². The molecule has 2 unspecified atom stereocenters. The van der Waals surface area contributed by atoms with Gasteiger partial charge in [-0.3, -0.25) is 4.90 Å². The maximum absolute atomic E-state index is 12.7. The van der Waals surface area contributed by atoms with E-state index >= 15 is 0 Å². The molecule has 0 bridgehead atoms. The van der Waals surface area contributed by atoms with Crippen LogP contribution in [0.1, 0.15) is 12.0 Å². The van der Waals surface area contributed by atoms with Crippen LogP contribution < -0.4 is 5.32 Å². The van der Waals surface area contributed by atoms with Crippen LogP contribution in [0, 0.1) is 5.92 Å². The summed E-state index contributed by atoms with van der Waals surface area (Å²) in [4.78, 5) is 6.19. The van der Waals surface area contributed by atoms with E-state index < -0.39 is 11.7 Å². The maximum atomic E-state index is 12.7. The lowest BCUT2D eigenvalue weighted by Crippen LogP contribution is -2.50. The summed E-state index contributed by atoms with van der Waals surface area (Å²) in [6, 6.07) is 1.10. The second-order valence-electron chi connectivity index (χ2n) is 6.27. The number of hydrogen-bond acceptors (Lipinski definition) is 5. The van der Waals surface area contributed by atoms with Gasteiger partial charge in [-0.15, -0.1) is 0 Å². The maximum Gasteiger partial charge on any atom is 0.417 e. The lowest BCUT2D eigenvalue weighted by atomic mass is 9.97. The third kappa shape index (κ3) is 4.75. The van der Waals surface area contributed by atoms with E-state index in [0.29, 0.717) is 32.3 Å². The van der Waals surface area contributed by atoms with Crippen LogP contribution in [-0.4, -0.2) is 62.0 Å². The van der Waals surface area contributed by atoms with Crippen molar-refractivity contribution in [3.8, 4) is 0 Å². The first kappa shape index (κ1) is 18.7. The van der Waals surface area contributed by atoms with Crippen molar-refractivity contribution in [1.82, 2.24) is 9.88 Å². The van der Waals surface area contributed by atoms with Gasteiger partial charge in [0.15, 0.2) is 0 Å². The minimum Gasteiger partial charge on any atom is -0.381 e. The fraction of sp³-hybridized carbons (Fsp3) is 0.688. The van der Waals surface area contributed by atoms with Gasteiger partial charge in [0.2, 0.25) is 0 Å². The van der Waals surface area contributed by atoms with Crippen molar-refractivity contribution >= 4 is 17.4 Å². The number of ether oxygens (including phenoxy) is 2. The van der Waals surface area contributed by atoms with E-state index in [0.717, 1.165) is 38.4 Å². The fourth-order valence-corrected chi connectivity index (χ4v) is 3.52. The zero-order valence-corrected chi connectivity index (χ0v) is 14.4. The van der Waals surface area contributed by atoms with Gasteiger partial charge in [-0.2, -0.15) is 13.2 Å². The molecule has 5 nitrogen and oxygen atoms in total. The molecule has 25 heavy (non-hydrogen) atoms. The normalized spacial score (nSPS) is 23.6. The quantitative estimate of drug-likeness (QED) is 0.852. The summed E-state index contributed by atoms with van der Waals surface area (Å²) in [5.74, 6) is 0.644. The number of nitrogens with one attached hydrogen (secondary N) is 1. The zero-order chi connectivity index (χ0) is 17.9. The highest BCUT2D eigenvalue weighted by Gasteiger charge is 2.33. The van der Waals surface area contributed by atoms with Crippen LogP contribution in [0.15, 0.2) is 12.3 Å². The first-order valence-electron chi connectivity index (χ1n) is 8.31. The minimum atomic E-state index is -4.45. The molecule has 140 valence electrons. The van der Waals surface area contributed by atoms with Crippen LogP contribution in [0.25, 0.3) is 0 Å². The van der Waals surface area contributed by atoms with E-state index in [9.17, 15) is 13.2 Å². The van der Waals surface area contributed by atoms with Crippen molar-refractivity contribution in [3.05, 3.63) is 22.8 Å². The molecular formula is C16H21ClF3N3O2. The third-order valence-corrected chi connectivity index (χ3v) is 4.96. The number of halogens is 4. The number of alkyl halides is 3. The van der Waals surface area contributed by atoms with Crippen molar-refractivity contribution in [2.45, 2.75) is 18.6 Å². The summed E-state index contributed by atoms with van der Waals surface area (Å²) >= 11 is 5.98. The number of aromatic nitrogens is 1. The Kier molecular flexibility index (Phi) is 6.04. The highest BCUT2D eigenvalue weighted by molar-refractivity contribution is 6.32. The second kappa shape index (κ2) is 8.07. The molecule has 0 radical (unpaired) electrons. The van der Waals surface area contributed by atoms with Gasteiger partial charge in [-0.25, -0.2) is 4.98 Å². The van der Waals surface area contributed by atoms with E-state index in [1.54, 1.807) is 0 Å². The Bertz CT molecular complexity index is 576. The summed E-state index contributed by atoms with van der Waals surface area (Å²) in [5.41, 5.74) is -0.850. The van der Waals surface area contributed by atoms with Crippen molar-refractivity contribution in [3.63, 3.8) is 0 Å². The molecule has 9 heteroatoms. The predicted octanol–water partition coefficient (Wildman–Crippen LogP) is 2.90. The molecular weight excluding hydrogens is 359 g/mol. The first-order chi connectivity index (χ1) is 11.9. The Morgan fingerprint density at radius 1 is 1.28 bits per heavy atom. The Morgan fingerprint density at radius 3 is 2.64 bits per heavy atom. The molecule has 0 aliphatic carbocycles. The molecule has 3 heterocycles. The van der Waals surface area contributed by atoms with Crippen LogP contribution in [0.5, 0.6) is 0 Å². The molecule has 3 rings (SSSR count). The van der Waals surface area contributed by atoms with Crippen molar-refractivity contribution in [2.24, 2.45) is 5.92 Å². The SMILES string of the molecule is FC(F)(F)c1cnc(NCC(C2CCOC2)N2CCOCC2)c(Cl)c1. The van der Waals surface area contributed by atoms with Crippen LogP contribution >= 0.6 is 11.6 Å². The number of anilines is 1. The first-order valence-corrected chi connectivity index (χ1v) is 8.69. The van der Waals surface area contributed by atoms with E-state index in [4.69, 9.17) is 21.1 Å². The largest absolute Gasteiger partial charge is 0.417 e. The Hall–Kier alpha value is -1.09. The van der Waals surface area contributed by atoms with Gasteiger partial charge in [0.1, 0.15) is 5.82 Å².